The highest BCUT2D eigenvalue weighted by atomic mass is 19.4. The van der Waals surface area contributed by atoms with Gasteiger partial charge in [-0.1, -0.05) is 60.7 Å². The minimum atomic E-state index is -4.44. The van der Waals surface area contributed by atoms with Gasteiger partial charge in [0.2, 0.25) is 0 Å². The van der Waals surface area contributed by atoms with Gasteiger partial charge in [0.05, 0.1) is 5.56 Å². The summed E-state index contributed by atoms with van der Waals surface area (Å²) in [7, 11) is 0. The molecule has 164 valence electrons. The van der Waals surface area contributed by atoms with Crippen molar-refractivity contribution in [2.45, 2.75) is 31.1 Å². The van der Waals surface area contributed by atoms with E-state index in [4.69, 9.17) is 0 Å². The minimum Gasteiger partial charge on any atom is -0.302 e. The van der Waals surface area contributed by atoms with Gasteiger partial charge in [0.25, 0.3) is 5.91 Å². The number of hydrogen-bond acceptors (Lipinski definition) is 3. The Hall–Kier alpha value is -3.45. The molecule has 0 aromatic heterocycles. The van der Waals surface area contributed by atoms with Gasteiger partial charge in [0.1, 0.15) is 0 Å². The number of nitrogens with zero attached hydrogens (tertiary/aromatic N) is 1. The Morgan fingerprint density at radius 2 is 1.31 bits per heavy atom. The molecule has 0 spiro atoms. The molecule has 1 amide bonds. The average molecular weight is 437 g/mol. The Labute approximate surface area is 184 Å². The van der Waals surface area contributed by atoms with Gasteiger partial charge in [-0.05, 0) is 35.4 Å². The summed E-state index contributed by atoms with van der Waals surface area (Å²) in [5.74, 6) is -0.544. The highest BCUT2D eigenvalue weighted by molar-refractivity contribution is 5.95. The smallest absolute Gasteiger partial charge is 0.302 e. The largest absolute Gasteiger partial charge is 0.416 e. The normalized spacial score (nSPS) is 18.8. The Balaban J connectivity index is 1.52. The van der Waals surface area contributed by atoms with Crippen LogP contribution in [-0.4, -0.2) is 11.6 Å². The Kier molecular flexibility index (Phi) is 6.37. The molecular weight excluding hydrogens is 415 g/mol. The number of rotatable bonds is 4. The maximum atomic E-state index is 12.7. The maximum Gasteiger partial charge on any atom is 0.416 e. The SMILES string of the molecule is O=C(NN=C1CC(c2ccccc2)NC(c2ccccc2)C1)c1ccc(C(F)(F)F)cc1. The first-order chi connectivity index (χ1) is 15.4. The zero-order chi connectivity index (χ0) is 22.6. The minimum absolute atomic E-state index is 0.0249. The number of hydrazone groups is 1. The van der Waals surface area contributed by atoms with Crippen LogP contribution in [-0.2, 0) is 6.18 Å². The monoisotopic (exact) mass is 437 g/mol. The van der Waals surface area contributed by atoms with Gasteiger partial charge in [-0.2, -0.15) is 18.3 Å². The summed E-state index contributed by atoms with van der Waals surface area (Å²) in [4.78, 5) is 12.4. The number of alkyl halides is 3. The third-order valence-corrected chi connectivity index (χ3v) is 5.48. The lowest BCUT2D eigenvalue weighted by Gasteiger charge is -2.32. The van der Waals surface area contributed by atoms with Crippen LogP contribution in [0.4, 0.5) is 13.2 Å². The molecule has 2 N–H and O–H groups in total. The van der Waals surface area contributed by atoms with Crippen LogP contribution in [0.3, 0.4) is 0 Å². The highest BCUT2D eigenvalue weighted by Crippen LogP contribution is 2.31. The van der Waals surface area contributed by atoms with Gasteiger partial charge in [0, 0.05) is 36.2 Å². The van der Waals surface area contributed by atoms with E-state index in [0.717, 1.165) is 41.1 Å². The summed E-state index contributed by atoms with van der Waals surface area (Å²) in [5, 5.41) is 7.99. The standard InChI is InChI=1S/C25H22F3N3O/c26-25(27,28)20-13-11-19(12-14-20)24(32)31-30-21-15-22(17-7-3-1-4-8-17)29-23(16-21)18-9-5-2-6-10-18/h1-14,22-23,29H,15-16H2,(H,31,32). The quantitative estimate of drug-likeness (QED) is 0.518. The van der Waals surface area contributed by atoms with Crippen molar-refractivity contribution in [1.29, 1.82) is 0 Å². The fraction of sp³-hybridized carbons (Fsp3) is 0.200. The second kappa shape index (κ2) is 9.36. The number of carbonyl (C=O) groups excluding carboxylic acids is 1. The van der Waals surface area contributed by atoms with Crippen molar-refractivity contribution in [3.05, 3.63) is 107 Å². The van der Waals surface area contributed by atoms with E-state index in [9.17, 15) is 18.0 Å². The van der Waals surface area contributed by atoms with Crippen molar-refractivity contribution < 1.29 is 18.0 Å². The molecule has 1 saturated heterocycles. The van der Waals surface area contributed by atoms with Gasteiger partial charge in [0.15, 0.2) is 0 Å². The summed E-state index contributed by atoms with van der Waals surface area (Å²) in [5.41, 5.74) is 4.89. The van der Waals surface area contributed by atoms with Gasteiger partial charge < -0.3 is 5.32 Å². The van der Waals surface area contributed by atoms with E-state index in [-0.39, 0.29) is 17.6 Å². The topological polar surface area (TPSA) is 53.5 Å². The van der Waals surface area contributed by atoms with Crippen LogP contribution in [0.1, 0.15) is 52.0 Å². The van der Waals surface area contributed by atoms with E-state index in [1.807, 2.05) is 60.7 Å². The molecule has 2 unspecified atom stereocenters. The molecule has 1 heterocycles. The Morgan fingerprint density at radius 1 is 0.812 bits per heavy atom. The number of benzene rings is 3. The maximum absolute atomic E-state index is 12.7. The van der Waals surface area contributed by atoms with Crippen molar-refractivity contribution in [3.63, 3.8) is 0 Å². The van der Waals surface area contributed by atoms with E-state index in [1.54, 1.807) is 0 Å². The number of hydrogen-bond donors (Lipinski definition) is 2. The van der Waals surface area contributed by atoms with Crippen molar-refractivity contribution in [2.75, 3.05) is 0 Å². The summed E-state index contributed by atoms with van der Waals surface area (Å²) in [6.07, 6.45) is -3.22. The van der Waals surface area contributed by atoms with E-state index in [2.05, 4.69) is 15.8 Å². The molecule has 3 aromatic rings. The predicted molar refractivity (Wildman–Crippen MR) is 117 cm³/mol. The van der Waals surface area contributed by atoms with Gasteiger partial charge in [-0.15, -0.1) is 0 Å². The van der Waals surface area contributed by atoms with Gasteiger partial charge >= 0.3 is 6.18 Å². The molecule has 0 bridgehead atoms. The van der Waals surface area contributed by atoms with Crippen molar-refractivity contribution in [2.24, 2.45) is 5.10 Å². The van der Waals surface area contributed by atoms with Crippen LogP contribution >= 0.6 is 0 Å². The van der Waals surface area contributed by atoms with Crippen LogP contribution in [0.5, 0.6) is 0 Å². The lowest BCUT2D eigenvalue weighted by atomic mass is 9.89. The molecule has 4 rings (SSSR count). The molecule has 1 fully saturated rings. The Bertz CT molecular complexity index is 1030. The fourth-order valence-electron chi connectivity index (χ4n) is 3.81. The van der Waals surface area contributed by atoms with E-state index in [1.165, 1.54) is 0 Å². The first-order valence-corrected chi connectivity index (χ1v) is 10.3. The number of carbonyl (C=O) groups is 1. The first-order valence-electron chi connectivity index (χ1n) is 10.3. The molecule has 7 heteroatoms. The summed E-state index contributed by atoms with van der Waals surface area (Å²) in [6, 6.07) is 24.2. The molecular formula is C25H22F3N3O. The molecule has 3 aromatic carbocycles. The number of amides is 1. The molecule has 1 aliphatic heterocycles. The van der Waals surface area contributed by atoms with Gasteiger partial charge in [-0.25, -0.2) is 5.43 Å². The lowest BCUT2D eigenvalue weighted by Crippen LogP contribution is -2.36. The molecule has 4 nitrogen and oxygen atoms in total. The summed E-state index contributed by atoms with van der Waals surface area (Å²) < 4.78 is 38.2. The molecule has 32 heavy (non-hydrogen) atoms. The van der Waals surface area contributed by atoms with Crippen molar-refractivity contribution >= 4 is 11.6 Å². The van der Waals surface area contributed by atoms with E-state index >= 15 is 0 Å². The average Bonchev–Trinajstić information content (AvgIpc) is 2.83. The predicted octanol–water partition coefficient (Wildman–Crippen LogP) is 5.66. The molecule has 2 atom stereocenters. The summed E-state index contributed by atoms with van der Waals surface area (Å²) >= 11 is 0. The molecule has 0 saturated carbocycles. The van der Waals surface area contributed by atoms with E-state index < -0.39 is 17.6 Å². The van der Waals surface area contributed by atoms with Crippen LogP contribution in [0.2, 0.25) is 0 Å². The molecule has 0 aliphatic carbocycles. The van der Waals surface area contributed by atoms with Crippen molar-refractivity contribution in [1.82, 2.24) is 10.7 Å². The van der Waals surface area contributed by atoms with Crippen molar-refractivity contribution in [3.8, 4) is 0 Å². The number of halogens is 3. The zero-order valence-corrected chi connectivity index (χ0v) is 17.1. The highest BCUT2D eigenvalue weighted by Gasteiger charge is 2.30. The number of piperidine rings is 1. The first kappa shape index (κ1) is 21.8. The Morgan fingerprint density at radius 3 is 1.78 bits per heavy atom. The fourth-order valence-corrected chi connectivity index (χ4v) is 3.81. The zero-order valence-electron chi connectivity index (χ0n) is 17.1. The second-order valence-electron chi connectivity index (χ2n) is 7.70. The van der Waals surface area contributed by atoms with E-state index in [0.29, 0.717) is 12.8 Å². The van der Waals surface area contributed by atoms with Crippen LogP contribution < -0.4 is 10.7 Å². The number of nitrogens with one attached hydrogen (secondary N) is 2. The van der Waals surface area contributed by atoms with Crippen LogP contribution in [0.25, 0.3) is 0 Å². The van der Waals surface area contributed by atoms with Crippen LogP contribution in [0.15, 0.2) is 90.0 Å². The van der Waals surface area contributed by atoms with Gasteiger partial charge in [-0.3, -0.25) is 4.79 Å². The molecule has 1 aliphatic rings. The lowest BCUT2D eigenvalue weighted by molar-refractivity contribution is -0.137. The molecule has 0 radical (unpaired) electrons. The third-order valence-electron chi connectivity index (χ3n) is 5.48. The summed E-state index contributed by atoms with van der Waals surface area (Å²) in [6.45, 7) is 0. The second-order valence-corrected chi connectivity index (χ2v) is 7.70. The third kappa shape index (κ3) is 5.23. The van der Waals surface area contributed by atoms with Crippen LogP contribution in [0, 0.1) is 0 Å².